The molecule has 0 bridgehead atoms. The lowest BCUT2D eigenvalue weighted by Crippen LogP contribution is -1.81. The van der Waals surface area contributed by atoms with Gasteiger partial charge < -0.3 is 5.21 Å². The SMILES string of the molecule is N#CS.O=[N+]([O-])O. The van der Waals surface area contributed by atoms with Crippen LogP contribution < -0.4 is 0 Å². The molecule has 0 aromatic carbocycles. The summed E-state index contributed by atoms with van der Waals surface area (Å²) in [6, 6.07) is 0. The molecule has 0 amide bonds. The molecule has 5 nitrogen and oxygen atoms in total. The summed E-state index contributed by atoms with van der Waals surface area (Å²) in [7, 11) is 0. The highest BCUT2D eigenvalue weighted by atomic mass is 32.1. The van der Waals surface area contributed by atoms with Crippen molar-refractivity contribution in [2.45, 2.75) is 0 Å². The summed E-state index contributed by atoms with van der Waals surface area (Å²) in [6.45, 7) is 0. The van der Waals surface area contributed by atoms with Gasteiger partial charge in [0.25, 0.3) is 5.09 Å². The Morgan fingerprint density at radius 3 is 2.00 bits per heavy atom. The van der Waals surface area contributed by atoms with Crippen LogP contribution in [-0.2, 0) is 0 Å². The third-order valence-corrected chi connectivity index (χ3v) is 0. The summed E-state index contributed by atoms with van der Waals surface area (Å²) in [5.74, 6) is 0. The fourth-order valence-electron chi connectivity index (χ4n) is 0. The van der Waals surface area contributed by atoms with Gasteiger partial charge in [0.05, 0.1) is 0 Å². The van der Waals surface area contributed by atoms with Crippen LogP contribution in [-0.4, -0.2) is 10.3 Å². The van der Waals surface area contributed by atoms with E-state index in [1.165, 1.54) is 5.40 Å². The predicted octanol–water partition coefficient (Wildman–Crippen LogP) is 0.0496. The van der Waals surface area contributed by atoms with Gasteiger partial charge in [-0.05, 0) is 0 Å². The van der Waals surface area contributed by atoms with E-state index < -0.39 is 5.09 Å². The summed E-state index contributed by atoms with van der Waals surface area (Å²) in [6.07, 6.45) is 0. The molecule has 0 fully saturated rings. The molecule has 0 radical (unpaired) electrons. The van der Waals surface area contributed by atoms with Crippen LogP contribution in [0.15, 0.2) is 0 Å². The second-order valence-corrected chi connectivity index (χ2v) is 0.538. The maximum absolute atomic E-state index is 8.36. The Morgan fingerprint density at radius 2 is 2.00 bits per heavy atom. The minimum atomic E-state index is -1.50. The molecule has 0 aliphatic carbocycles. The van der Waals surface area contributed by atoms with Gasteiger partial charge in [-0.15, -0.1) is 10.1 Å². The second-order valence-electron chi connectivity index (χ2n) is 0.338. The van der Waals surface area contributed by atoms with Crippen LogP contribution in [0, 0.1) is 20.8 Å². The zero-order chi connectivity index (χ0) is 6.28. The Hall–Kier alpha value is -0.960. The lowest BCUT2D eigenvalue weighted by Gasteiger charge is -1.56. The lowest BCUT2D eigenvalue weighted by molar-refractivity contribution is -0.742. The molecule has 0 aliphatic heterocycles. The molecule has 0 aliphatic rings. The van der Waals surface area contributed by atoms with Crippen molar-refractivity contribution in [1.29, 1.82) is 5.26 Å². The van der Waals surface area contributed by atoms with E-state index in [9.17, 15) is 0 Å². The molecule has 0 saturated heterocycles. The van der Waals surface area contributed by atoms with Crippen LogP contribution in [0.3, 0.4) is 0 Å². The maximum Gasteiger partial charge on any atom is 0.291 e. The van der Waals surface area contributed by atoms with Gasteiger partial charge in [-0.3, -0.25) is 0 Å². The highest BCUT2D eigenvalue weighted by Gasteiger charge is 1.65. The zero-order valence-corrected chi connectivity index (χ0v) is 4.00. The van der Waals surface area contributed by atoms with Crippen molar-refractivity contribution in [3.63, 3.8) is 0 Å². The largest absolute Gasteiger partial charge is 0.328 e. The molecule has 0 spiro atoms. The first kappa shape index (κ1) is 9.40. The molecule has 0 rings (SSSR count). The van der Waals surface area contributed by atoms with E-state index in [0.717, 1.165) is 0 Å². The van der Waals surface area contributed by atoms with E-state index in [0.29, 0.717) is 0 Å². The predicted molar refractivity (Wildman–Crippen MR) is 23.4 cm³/mol. The Balaban J connectivity index is 0. The molecular formula is CH2N2O3S. The van der Waals surface area contributed by atoms with E-state index in [4.69, 9.17) is 20.6 Å². The lowest BCUT2D eigenvalue weighted by atomic mass is 11.8. The minimum absolute atomic E-state index is 1.44. The number of thiol groups is 1. The fraction of sp³-hybridized carbons (Fsp3) is 0. The number of nitriles is 1. The van der Waals surface area contributed by atoms with Gasteiger partial charge in [-0.1, -0.05) is 12.6 Å². The first-order valence-electron chi connectivity index (χ1n) is 1.01. The van der Waals surface area contributed by atoms with Crippen molar-refractivity contribution in [2.24, 2.45) is 0 Å². The highest BCUT2D eigenvalue weighted by Crippen LogP contribution is 1.46. The van der Waals surface area contributed by atoms with Crippen molar-refractivity contribution in [3.05, 3.63) is 10.1 Å². The van der Waals surface area contributed by atoms with Gasteiger partial charge in [0.15, 0.2) is 0 Å². The van der Waals surface area contributed by atoms with Crippen molar-refractivity contribution in [1.82, 2.24) is 0 Å². The zero-order valence-electron chi connectivity index (χ0n) is 3.11. The molecule has 0 aromatic rings. The summed E-state index contributed by atoms with van der Waals surface area (Å²) in [4.78, 5) is 8.36. The average Bonchev–Trinajstić information content (AvgIpc) is 1.33. The van der Waals surface area contributed by atoms with Crippen molar-refractivity contribution >= 4 is 12.6 Å². The van der Waals surface area contributed by atoms with E-state index >= 15 is 0 Å². The quantitative estimate of drug-likeness (QED) is 0.205. The smallest absolute Gasteiger partial charge is 0.291 e. The molecule has 0 unspecified atom stereocenters. The third kappa shape index (κ3) is 50.5. The number of nitrogens with zero attached hydrogens (tertiary/aromatic N) is 2. The Bertz CT molecular complexity index is 81.4. The highest BCUT2D eigenvalue weighted by molar-refractivity contribution is 7.85. The van der Waals surface area contributed by atoms with Gasteiger partial charge in [-0.2, -0.15) is 5.26 Å². The molecule has 6 heteroatoms. The molecule has 0 heterocycles. The number of hydrogen-bond donors (Lipinski definition) is 2. The van der Waals surface area contributed by atoms with Gasteiger partial charge in [-0.25, -0.2) is 0 Å². The minimum Gasteiger partial charge on any atom is -0.328 e. The second kappa shape index (κ2) is 8.90. The third-order valence-electron chi connectivity index (χ3n) is 0. The van der Waals surface area contributed by atoms with Crippen LogP contribution in [0.5, 0.6) is 0 Å². The van der Waals surface area contributed by atoms with Gasteiger partial charge >= 0.3 is 0 Å². The maximum atomic E-state index is 8.36. The average molecular weight is 122 g/mol. The van der Waals surface area contributed by atoms with E-state index in [-0.39, 0.29) is 0 Å². The summed E-state index contributed by atoms with van der Waals surface area (Å²) < 4.78 is 0. The Labute approximate surface area is 44.7 Å². The van der Waals surface area contributed by atoms with Crippen LogP contribution >= 0.6 is 12.6 Å². The molecule has 1 N–H and O–H groups in total. The van der Waals surface area contributed by atoms with Gasteiger partial charge in [0.2, 0.25) is 0 Å². The molecule has 40 valence electrons. The molecule has 7 heavy (non-hydrogen) atoms. The molecule has 0 saturated carbocycles. The van der Waals surface area contributed by atoms with E-state index in [1.807, 2.05) is 0 Å². The van der Waals surface area contributed by atoms with E-state index in [2.05, 4.69) is 12.6 Å². The number of hydrogen-bond acceptors (Lipinski definition) is 4. The summed E-state index contributed by atoms with van der Waals surface area (Å²) in [5, 5.41) is 22.3. The van der Waals surface area contributed by atoms with Crippen LogP contribution in [0.1, 0.15) is 0 Å². The Morgan fingerprint density at radius 1 is 2.00 bits per heavy atom. The van der Waals surface area contributed by atoms with Crippen molar-refractivity contribution in [2.75, 3.05) is 0 Å². The Kier molecular flexibility index (Phi) is 12.0. The van der Waals surface area contributed by atoms with Crippen LogP contribution in [0.2, 0.25) is 0 Å². The molecule has 0 atom stereocenters. The fourth-order valence-corrected chi connectivity index (χ4v) is 0. The van der Waals surface area contributed by atoms with Gasteiger partial charge in [0, 0.05) is 0 Å². The molecular weight excluding hydrogens is 120 g/mol. The normalized spacial score (nSPS) is 4.57. The number of thiocyanates is 1. The summed E-state index contributed by atoms with van der Waals surface area (Å²) in [5.41, 5.74) is 0. The van der Waals surface area contributed by atoms with Crippen molar-refractivity contribution < 1.29 is 10.3 Å². The first-order chi connectivity index (χ1) is 3.15. The monoisotopic (exact) mass is 122 g/mol. The topological polar surface area (TPSA) is 87.2 Å². The first-order valence-corrected chi connectivity index (χ1v) is 1.46. The van der Waals surface area contributed by atoms with Crippen LogP contribution in [0.4, 0.5) is 0 Å². The van der Waals surface area contributed by atoms with E-state index in [1.54, 1.807) is 0 Å². The molecule has 0 aromatic heterocycles. The standard InChI is InChI=1S/CHNS.HNO3/c2-1-3;2-1(3)4/h3H;(H,2,3,4). The number of rotatable bonds is 0. The van der Waals surface area contributed by atoms with Crippen molar-refractivity contribution in [3.8, 4) is 5.40 Å². The summed E-state index contributed by atoms with van der Waals surface area (Å²) >= 11 is 3.09. The van der Waals surface area contributed by atoms with Crippen LogP contribution in [0.25, 0.3) is 0 Å². The van der Waals surface area contributed by atoms with Gasteiger partial charge in [0.1, 0.15) is 5.40 Å².